The number of hydrogen-bond acceptors (Lipinski definition) is 5. The van der Waals surface area contributed by atoms with E-state index in [1.165, 1.54) is 0 Å². The minimum atomic E-state index is -1.50. The summed E-state index contributed by atoms with van der Waals surface area (Å²) in [6.07, 6.45) is -1.50. The highest BCUT2D eigenvalue weighted by Gasteiger charge is 2.24. The number of carboxylic acid groups (broad SMARTS) is 1. The molecular weight excluding hydrogens is 252 g/mol. The normalized spacial score (nSPS) is 10.1. The fourth-order valence-corrected chi connectivity index (χ4v) is 1.75. The van der Waals surface area contributed by atoms with Crippen LogP contribution in [0.15, 0.2) is 0 Å². The molecule has 1 aromatic carbocycles. The van der Waals surface area contributed by atoms with Crippen molar-refractivity contribution in [2.75, 3.05) is 13.2 Å². The lowest BCUT2D eigenvalue weighted by Crippen LogP contribution is -2.08. The van der Waals surface area contributed by atoms with Gasteiger partial charge >= 0.3 is 6.16 Å². The van der Waals surface area contributed by atoms with Gasteiger partial charge in [-0.15, -0.1) is 0 Å². The molecule has 0 fully saturated rings. The molecule has 1 rings (SSSR count). The van der Waals surface area contributed by atoms with Gasteiger partial charge in [-0.1, -0.05) is 0 Å². The minimum absolute atomic E-state index is 0.128. The van der Waals surface area contributed by atoms with Gasteiger partial charge in [-0.2, -0.15) is 0 Å². The van der Waals surface area contributed by atoms with Crippen molar-refractivity contribution >= 4 is 6.16 Å². The highest BCUT2D eigenvalue weighted by Crippen LogP contribution is 2.47. The summed E-state index contributed by atoms with van der Waals surface area (Å²) in [6, 6.07) is 0. The summed E-state index contributed by atoms with van der Waals surface area (Å²) in [5, 5.41) is 18.7. The molecule has 0 saturated carbocycles. The molecule has 1 aromatic rings. The topological polar surface area (TPSA) is 85.2 Å². The highest BCUT2D eigenvalue weighted by atomic mass is 16.7. The van der Waals surface area contributed by atoms with Gasteiger partial charge in [-0.3, -0.25) is 0 Å². The van der Waals surface area contributed by atoms with Crippen LogP contribution in [0.4, 0.5) is 4.79 Å². The van der Waals surface area contributed by atoms with Crippen molar-refractivity contribution in [3.05, 3.63) is 11.1 Å². The fourth-order valence-electron chi connectivity index (χ4n) is 1.75. The van der Waals surface area contributed by atoms with Gasteiger partial charge in [0.1, 0.15) is 0 Å². The van der Waals surface area contributed by atoms with Crippen LogP contribution in [-0.4, -0.2) is 29.6 Å². The van der Waals surface area contributed by atoms with Crippen LogP contribution in [0.3, 0.4) is 0 Å². The maximum atomic E-state index is 10.7. The molecule has 0 atom stereocenters. The Hall–Kier alpha value is -2.11. The average molecular weight is 270 g/mol. The third kappa shape index (κ3) is 3.01. The van der Waals surface area contributed by atoms with Crippen LogP contribution in [-0.2, 0) is 0 Å². The summed E-state index contributed by atoms with van der Waals surface area (Å²) in [6.45, 7) is 7.61. The number of carbonyl (C=O) groups is 1. The lowest BCUT2D eigenvalue weighted by molar-refractivity contribution is 0.142. The minimum Gasteiger partial charge on any atom is -0.504 e. The second kappa shape index (κ2) is 6.17. The number of aromatic hydroxyl groups is 1. The number of phenolic OH excluding ortho intramolecular Hbond substituents is 1. The summed E-state index contributed by atoms with van der Waals surface area (Å²) >= 11 is 0. The number of hydrogen-bond donors (Lipinski definition) is 2. The zero-order valence-corrected chi connectivity index (χ0v) is 11.4. The Labute approximate surface area is 111 Å². The van der Waals surface area contributed by atoms with E-state index in [1.807, 2.05) is 6.92 Å². The Morgan fingerprint density at radius 2 is 1.47 bits per heavy atom. The second-order valence-corrected chi connectivity index (χ2v) is 3.82. The zero-order chi connectivity index (χ0) is 14.6. The van der Waals surface area contributed by atoms with E-state index in [1.54, 1.807) is 20.8 Å². The molecular formula is C13H18O6. The molecule has 0 spiro atoms. The standard InChI is InChI=1S/C13H18O6/c1-5-17-11-7(3)9(14)10(19-13(15)16)8(4)12(11)18-6-2/h14H,5-6H2,1-4H3,(H,15,16). The van der Waals surface area contributed by atoms with Gasteiger partial charge in [0.15, 0.2) is 23.0 Å². The molecule has 0 heterocycles. The molecule has 0 aromatic heterocycles. The Bertz CT molecular complexity index is 481. The third-order valence-corrected chi connectivity index (χ3v) is 2.57. The first kappa shape index (κ1) is 14.9. The molecule has 6 heteroatoms. The number of ether oxygens (including phenoxy) is 3. The van der Waals surface area contributed by atoms with Crippen LogP contribution >= 0.6 is 0 Å². The molecule has 0 aliphatic heterocycles. The first-order valence-electron chi connectivity index (χ1n) is 5.96. The Morgan fingerprint density at radius 3 is 1.89 bits per heavy atom. The second-order valence-electron chi connectivity index (χ2n) is 3.82. The summed E-state index contributed by atoms with van der Waals surface area (Å²) in [5.41, 5.74) is 0.767. The molecule has 6 nitrogen and oxygen atoms in total. The van der Waals surface area contributed by atoms with E-state index >= 15 is 0 Å². The summed E-state index contributed by atoms with van der Waals surface area (Å²) in [5.74, 6) is 0.400. The molecule has 106 valence electrons. The molecule has 0 aliphatic carbocycles. The van der Waals surface area contributed by atoms with E-state index in [0.29, 0.717) is 35.8 Å². The van der Waals surface area contributed by atoms with Crippen LogP contribution in [0, 0.1) is 13.8 Å². The van der Waals surface area contributed by atoms with Gasteiger partial charge < -0.3 is 24.4 Å². The highest BCUT2D eigenvalue weighted by molar-refractivity contribution is 5.70. The Morgan fingerprint density at radius 1 is 1.00 bits per heavy atom. The van der Waals surface area contributed by atoms with Crippen molar-refractivity contribution in [1.82, 2.24) is 0 Å². The molecule has 19 heavy (non-hydrogen) atoms. The van der Waals surface area contributed by atoms with E-state index in [-0.39, 0.29) is 11.5 Å². The van der Waals surface area contributed by atoms with E-state index in [9.17, 15) is 9.90 Å². The lowest BCUT2D eigenvalue weighted by Gasteiger charge is -2.19. The van der Waals surface area contributed by atoms with E-state index in [0.717, 1.165) is 0 Å². The van der Waals surface area contributed by atoms with Crippen molar-refractivity contribution < 1.29 is 29.2 Å². The summed E-state index contributed by atoms with van der Waals surface area (Å²) in [7, 11) is 0. The van der Waals surface area contributed by atoms with E-state index < -0.39 is 6.16 Å². The Balaban J connectivity index is 3.47. The van der Waals surface area contributed by atoms with Crippen molar-refractivity contribution in [1.29, 1.82) is 0 Å². The average Bonchev–Trinajstić information content (AvgIpc) is 2.36. The fraction of sp³-hybridized carbons (Fsp3) is 0.462. The first-order chi connectivity index (χ1) is 8.93. The van der Waals surface area contributed by atoms with Crippen LogP contribution in [0.1, 0.15) is 25.0 Å². The van der Waals surface area contributed by atoms with Crippen molar-refractivity contribution in [3.63, 3.8) is 0 Å². The van der Waals surface area contributed by atoms with Crippen LogP contribution in [0.25, 0.3) is 0 Å². The number of rotatable bonds is 5. The van der Waals surface area contributed by atoms with Crippen LogP contribution < -0.4 is 14.2 Å². The van der Waals surface area contributed by atoms with Gasteiger partial charge in [0.25, 0.3) is 0 Å². The van der Waals surface area contributed by atoms with Crippen molar-refractivity contribution in [3.8, 4) is 23.0 Å². The van der Waals surface area contributed by atoms with E-state index in [2.05, 4.69) is 4.74 Å². The molecule has 0 unspecified atom stereocenters. The SMILES string of the molecule is CCOc1c(C)c(O)c(OC(=O)O)c(C)c1OCC. The third-order valence-electron chi connectivity index (χ3n) is 2.57. The van der Waals surface area contributed by atoms with Crippen molar-refractivity contribution in [2.45, 2.75) is 27.7 Å². The van der Waals surface area contributed by atoms with Crippen LogP contribution in [0.2, 0.25) is 0 Å². The Kier molecular flexibility index (Phi) is 4.86. The molecule has 0 amide bonds. The number of phenols is 1. The first-order valence-corrected chi connectivity index (χ1v) is 5.96. The number of benzene rings is 1. The maximum absolute atomic E-state index is 10.7. The van der Waals surface area contributed by atoms with Gasteiger partial charge in [0, 0.05) is 11.1 Å². The van der Waals surface area contributed by atoms with Gasteiger partial charge in [0.2, 0.25) is 0 Å². The van der Waals surface area contributed by atoms with Gasteiger partial charge in [0.05, 0.1) is 13.2 Å². The predicted molar refractivity (Wildman–Crippen MR) is 68.6 cm³/mol. The summed E-state index contributed by atoms with van der Waals surface area (Å²) in [4.78, 5) is 10.7. The molecule has 0 radical (unpaired) electrons. The molecule has 0 aliphatic rings. The molecule has 0 bridgehead atoms. The zero-order valence-electron chi connectivity index (χ0n) is 11.4. The van der Waals surface area contributed by atoms with Crippen LogP contribution in [0.5, 0.6) is 23.0 Å². The molecule has 0 saturated heterocycles. The predicted octanol–water partition coefficient (Wildman–Crippen LogP) is 2.86. The summed E-state index contributed by atoms with van der Waals surface area (Å²) < 4.78 is 15.5. The van der Waals surface area contributed by atoms with Gasteiger partial charge in [-0.05, 0) is 27.7 Å². The quantitative estimate of drug-likeness (QED) is 0.632. The van der Waals surface area contributed by atoms with Gasteiger partial charge in [-0.25, -0.2) is 4.79 Å². The largest absolute Gasteiger partial charge is 0.511 e. The van der Waals surface area contributed by atoms with Crippen molar-refractivity contribution in [2.24, 2.45) is 0 Å². The maximum Gasteiger partial charge on any atom is 0.511 e. The molecule has 2 N–H and O–H groups in total. The van der Waals surface area contributed by atoms with E-state index in [4.69, 9.17) is 14.6 Å². The smallest absolute Gasteiger partial charge is 0.504 e. The lowest BCUT2D eigenvalue weighted by atomic mass is 10.1. The monoisotopic (exact) mass is 270 g/mol.